The first-order valence-corrected chi connectivity index (χ1v) is 6.77. The Morgan fingerprint density at radius 2 is 2.00 bits per heavy atom. The zero-order valence-corrected chi connectivity index (χ0v) is 12.0. The van der Waals surface area contributed by atoms with Crippen LogP contribution in [0.3, 0.4) is 0 Å². The normalized spacial score (nSPS) is 11.9. The first-order chi connectivity index (χ1) is 9.01. The Bertz CT molecular complexity index is 472. The number of aryl methyl sites for hydroxylation is 1. The average Bonchev–Trinajstić information content (AvgIpc) is 2.43. The number of benzene rings is 1. The molecule has 0 bridgehead atoms. The molecule has 1 aromatic rings. The van der Waals surface area contributed by atoms with Gasteiger partial charge in [0, 0.05) is 11.8 Å². The summed E-state index contributed by atoms with van der Waals surface area (Å²) in [6.07, 6.45) is -1.13. The standard InChI is InChI=1S/C13H15BrO5/c1-19-10(15)6-5-8-3-2-4-9(7-14)11(8)12(16)13(17)18/h2-4,12,16H,5-7H2,1H3,(H,17,18). The van der Waals surface area contributed by atoms with Crippen LogP contribution in [0.4, 0.5) is 0 Å². The molecule has 19 heavy (non-hydrogen) atoms. The third kappa shape index (κ3) is 4.04. The van der Waals surface area contributed by atoms with Crippen LogP contribution < -0.4 is 0 Å². The van der Waals surface area contributed by atoms with Crippen LogP contribution in [0.1, 0.15) is 29.2 Å². The molecule has 0 saturated heterocycles. The minimum absolute atomic E-state index is 0.140. The van der Waals surface area contributed by atoms with Crippen LogP contribution in [-0.2, 0) is 26.1 Å². The van der Waals surface area contributed by atoms with E-state index in [9.17, 15) is 14.7 Å². The fourth-order valence-corrected chi connectivity index (χ4v) is 2.30. The number of hydrogen-bond acceptors (Lipinski definition) is 4. The lowest BCUT2D eigenvalue weighted by Crippen LogP contribution is -2.15. The molecule has 0 aromatic heterocycles. The number of aliphatic carboxylic acids is 1. The molecule has 0 amide bonds. The first kappa shape index (κ1) is 15.7. The second kappa shape index (κ2) is 7.25. The minimum Gasteiger partial charge on any atom is -0.479 e. The maximum atomic E-state index is 11.1. The molecule has 1 aromatic carbocycles. The molecule has 6 heteroatoms. The Morgan fingerprint density at radius 3 is 2.53 bits per heavy atom. The number of carbonyl (C=O) groups excluding carboxylic acids is 1. The van der Waals surface area contributed by atoms with E-state index in [0.29, 0.717) is 28.4 Å². The Balaban J connectivity index is 3.08. The van der Waals surface area contributed by atoms with E-state index in [0.717, 1.165) is 0 Å². The quantitative estimate of drug-likeness (QED) is 0.613. The fourth-order valence-electron chi connectivity index (χ4n) is 1.81. The average molecular weight is 331 g/mol. The summed E-state index contributed by atoms with van der Waals surface area (Å²) in [6.45, 7) is 0. The number of carboxylic acids is 1. The van der Waals surface area contributed by atoms with Crippen LogP contribution in [0, 0.1) is 0 Å². The van der Waals surface area contributed by atoms with E-state index in [-0.39, 0.29) is 12.4 Å². The summed E-state index contributed by atoms with van der Waals surface area (Å²) in [6, 6.07) is 5.20. The monoisotopic (exact) mass is 330 g/mol. The van der Waals surface area contributed by atoms with Crippen LogP contribution >= 0.6 is 15.9 Å². The maximum Gasteiger partial charge on any atom is 0.337 e. The Hall–Kier alpha value is -1.40. The number of rotatable bonds is 6. The van der Waals surface area contributed by atoms with Crippen LogP contribution in [0.25, 0.3) is 0 Å². The van der Waals surface area contributed by atoms with Crippen LogP contribution in [0.2, 0.25) is 0 Å². The van der Waals surface area contributed by atoms with Crippen LogP contribution in [0.5, 0.6) is 0 Å². The lowest BCUT2D eigenvalue weighted by atomic mass is 9.94. The molecule has 0 heterocycles. The van der Waals surface area contributed by atoms with Gasteiger partial charge in [-0.1, -0.05) is 34.1 Å². The molecular formula is C13H15BrO5. The maximum absolute atomic E-state index is 11.1. The van der Waals surface area contributed by atoms with E-state index >= 15 is 0 Å². The molecule has 0 radical (unpaired) electrons. The van der Waals surface area contributed by atoms with Crippen molar-refractivity contribution in [2.24, 2.45) is 0 Å². The number of methoxy groups -OCH3 is 1. The molecule has 0 aliphatic rings. The molecule has 1 unspecified atom stereocenters. The van der Waals surface area contributed by atoms with E-state index in [1.54, 1.807) is 18.2 Å². The number of halogens is 1. The Labute approximate surface area is 119 Å². The largest absolute Gasteiger partial charge is 0.479 e. The van der Waals surface area contributed by atoms with Crippen molar-refractivity contribution in [3.05, 3.63) is 34.9 Å². The highest BCUT2D eigenvalue weighted by molar-refractivity contribution is 9.08. The molecule has 0 aliphatic carbocycles. The van der Waals surface area contributed by atoms with Gasteiger partial charge in [0.05, 0.1) is 7.11 Å². The third-order valence-corrected chi connectivity index (χ3v) is 3.37. The number of esters is 1. The van der Waals surface area contributed by atoms with Crippen molar-refractivity contribution in [3.63, 3.8) is 0 Å². The summed E-state index contributed by atoms with van der Waals surface area (Å²) in [5.74, 6) is -1.69. The lowest BCUT2D eigenvalue weighted by Gasteiger charge is -2.16. The molecule has 0 saturated carbocycles. The van der Waals surface area contributed by atoms with Crippen molar-refractivity contribution < 1.29 is 24.5 Å². The van der Waals surface area contributed by atoms with Gasteiger partial charge in [-0.2, -0.15) is 0 Å². The predicted octanol–water partition coefficient (Wildman–Crippen LogP) is 1.81. The smallest absolute Gasteiger partial charge is 0.337 e. The summed E-state index contributed by atoms with van der Waals surface area (Å²) in [7, 11) is 1.30. The molecule has 2 N–H and O–H groups in total. The minimum atomic E-state index is -1.60. The van der Waals surface area contributed by atoms with Gasteiger partial charge in [0.25, 0.3) is 0 Å². The van der Waals surface area contributed by atoms with Gasteiger partial charge in [-0.25, -0.2) is 4.79 Å². The topological polar surface area (TPSA) is 83.8 Å². The molecule has 0 fully saturated rings. The van der Waals surface area contributed by atoms with Gasteiger partial charge in [0.15, 0.2) is 6.10 Å². The summed E-state index contributed by atoms with van der Waals surface area (Å²) >= 11 is 3.26. The van der Waals surface area contributed by atoms with E-state index in [2.05, 4.69) is 20.7 Å². The molecule has 0 spiro atoms. The van der Waals surface area contributed by atoms with E-state index in [1.165, 1.54) is 7.11 Å². The highest BCUT2D eigenvalue weighted by Gasteiger charge is 2.22. The van der Waals surface area contributed by atoms with E-state index in [4.69, 9.17) is 5.11 Å². The molecule has 1 atom stereocenters. The Morgan fingerprint density at radius 1 is 1.37 bits per heavy atom. The van der Waals surface area contributed by atoms with Crippen LogP contribution in [-0.4, -0.2) is 29.3 Å². The molecule has 1 rings (SSSR count). The number of aliphatic hydroxyl groups is 1. The second-order valence-corrected chi connectivity index (χ2v) is 4.50. The Kier molecular flexibility index (Phi) is 5.98. The number of carboxylic acid groups (broad SMARTS) is 1. The highest BCUT2D eigenvalue weighted by Crippen LogP contribution is 2.26. The summed E-state index contributed by atoms with van der Waals surface area (Å²) in [4.78, 5) is 22.1. The molecule has 0 aliphatic heterocycles. The van der Waals surface area contributed by atoms with Crippen molar-refractivity contribution in [1.82, 2.24) is 0 Å². The zero-order valence-electron chi connectivity index (χ0n) is 10.4. The zero-order chi connectivity index (χ0) is 14.4. The van der Waals surface area contributed by atoms with E-state index in [1.807, 2.05) is 0 Å². The highest BCUT2D eigenvalue weighted by atomic mass is 79.9. The van der Waals surface area contributed by atoms with Crippen molar-refractivity contribution in [2.45, 2.75) is 24.3 Å². The number of hydrogen-bond donors (Lipinski definition) is 2. The summed E-state index contributed by atoms with van der Waals surface area (Å²) < 4.78 is 4.55. The van der Waals surface area contributed by atoms with Gasteiger partial charge in [-0.3, -0.25) is 4.79 Å². The van der Waals surface area contributed by atoms with Crippen molar-refractivity contribution in [2.75, 3.05) is 7.11 Å². The molecule has 5 nitrogen and oxygen atoms in total. The van der Waals surface area contributed by atoms with Crippen molar-refractivity contribution in [3.8, 4) is 0 Å². The first-order valence-electron chi connectivity index (χ1n) is 5.65. The van der Waals surface area contributed by atoms with Gasteiger partial charge in [0.2, 0.25) is 0 Å². The third-order valence-electron chi connectivity index (χ3n) is 2.76. The lowest BCUT2D eigenvalue weighted by molar-refractivity contribution is -0.147. The number of ether oxygens (including phenoxy) is 1. The van der Waals surface area contributed by atoms with Gasteiger partial charge < -0.3 is 14.9 Å². The predicted molar refractivity (Wildman–Crippen MR) is 72.0 cm³/mol. The second-order valence-electron chi connectivity index (χ2n) is 3.94. The fraction of sp³-hybridized carbons (Fsp3) is 0.385. The number of alkyl halides is 1. The van der Waals surface area contributed by atoms with Gasteiger partial charge in [-0.05, 0) is 23.1 Å². The van der Waals surface area contributed by atoms with Gasteiger partial charge in [0.1, 0.15) is 0 Å². The van der Waals surface area contributed by atoms with Crippen molar-refractivity contribution in [1.29, 1.82) is 0 Å². The number of aliphatic hydroxyl groups excluding tert-OH is 1. The van der Waals surface area contributed by atoms with E-state index < -0.39 is 12.1 Å². The number of carbonyl (C=O) groups is 2. The van der Waals surface area contributed by atoms with Gasteiger partial charge in [-0.15, -0.1) is 0 Å². The van der Waals surface area contributed by atoms with Crippen LogP contribution in [0.15, 0.2) is 18.2 Å². The summed E-state index contributed by atoms with van der Waals surface area (Å²) in [5, 5.41) is 19.2. The molecular weight excluding hydrogens is 316 g/mol. The summed E-state index contributed by atoms with van der Waals surface area (Å²) in [5.41, 5.74) is 1.67. The SMILES string of the molecule is COC(=O)CCc1cccc(CBr)c1C(O)C(=O)O. The van der Waals surface area contributed by atoms with Gasteiger partial charge >= 0.3 is 11.9 Å². The van der Waals surface area contributed by atoms with Crippen molar-refractivity contribution >= 4 is 27.9 Å². The molecule has 104 valence electrons.